The Hall–Kier alpha value is -0.830. The topological polar surface area (TPSA) is 37.3 Å². The number of carbonyl (C=O) groups excluding carboxylic acids is 1. The van der Waals surface area contributed by atoms with Crippen LogP contribution >= 0.6 is 15.9 Å². The van der Waals surface area contributed by atoms with Gasteiger partial charge in [0, 0.05) is 10.4 Å². The van der Waals surface area contributed by atoms with Crippen LogP contribution in [0.4, 0.5) is 0 Å². The van der Waals surface area contributed by atoms with Crippen LogP contribution in [0.25, 0.3) is 0 Å². The summed E-state index contributed by atoms with van der Waals surface area (Å²) < 4.78 is 0.844. The number of phenols is 1. The number of rotatable bonds is 2. The van der Waals surface area contributed by atoms with Crippen molar-refractivity contribution in [3.8, 4) is 5.75 Å². The van der Waals surface area contributed by atoms with Crippen LogP contribution in [0.2, 0.25) is 0 Å². The number of aryl methyl sites for hydroxylation is 1. The second kappa shape index (κ2) is 3.39. The molecule has 0 amide bonds. The van der Waals surface area contributed by atoms with Crippen molar-refractivity contribution in [2.75, 3.05) is 0 Å². The number of phenolic OH excluding ortho intramolecular Hbond substituents is 1. The van der Waals surface area contributed by atoms with Crippen molar-refractivity contribution in [3.05, 3.63) is 27.7 Å². The second-order valence-corrected chi connectivity index (χ2v) is 4.67. The number of hydrogen-bond acceptors (Lipinski definition) is 2. The number of halogens is 1. The quantitative estimate of drug-likeness (QED) is 0.824. The summed E-state index contributed by atoms with van der Waals surface area (Å²) in [5.74, 6) is 0.353. The van der Waals surface area contributed by atoms with Gasteiger partial charge in [-0.15, -0.1) is 0 Å². The summed E-state index contributed by atoms with van der Waals surface area (Å²) in [4.78, 5) is 11.8. The Morgan fingerprint density at radius 3 is 2.71 bits per heavy atom. The first kappa shape index (κ1) is 9.71. The van der Waals surface area contributed by atoms with Crippen LogP contribution < -0.4 is 0 Å². The molecule has 1 aromatic carbocycles. The lowest BCUT2D eigenvalue weighted by atomic mass is 10.0. The summed E-state index contributed by atoms with van der Waals surface area (Å²) >= 11 is 3.32. The molecule has 0 heterocycles. The molecule has 0 spiro atoms. The van der Waals surface area contributed by atoms with Crippen molar-refractivity contribution < 1.29 is 9.90 Å². The molecule has 1 saturated carbocycles. The fourth-order valence-electron chi connectivity index (χ4n) is 1.49. The van der Waals surface area contributed by atoms with Crippen molar-refractivity contribution in [2.24, 2.45) is 5.92 Å². The van der Waals surface area contributed by atoms with Crippen LogP contribution in [0.3, 0.4) is 0 Å². The summed E-state index contributed by atoms with van der Waals surface area (Å²) in [6.07, 6.45) is 1.92. The van der Waals surface area contributed by atoms with Gasteiger partial charge in [0.15, 0.2) is 5.78 Å². The highest BCUT2D eigenvalue weighted by Crippen LogP contribution is 2.37. The van der Waals surface area contributed by atoms with E-state index in [0.717, 1.165) is 22.9 Å². The Bertz CT molecular complexity index is 395. The standard InChI is InChI=1S/C11H11BrO2/c1-6-4-8(12)5-9(10(6)13)11(14)7-2-3-7/h4-5,7,13H,2-3H2,1H3. The average Bonchev–Trinajstić information content (AvgIpc) is 2.93. The molecule has 1 aliphatic rings. The van der Waals surface area contributed by atoms with Gasteiger partial charge in [-0.2, -0.15) is 0 Å². The summed E-state index contributed by atoms with van der Waals surface area (Å²) in [6.45, 7) is 1.80. The molecule has 74 valence electrons. The SMILES string of the molecule is Cc1cc(Br)cc(C(=O)C2CC2)c1O. The molecule has 0 aromatic heterocycles. The van der Waals surface area contributed by atoms with E-state index in [9.17, 15) is 9.90 Å². The highest BCUT2D eigenvalue weighted by Gasteiger charge is 2.32. The molecule has 0 unspecified atom stereocenters. The maximum atomic E-state index is 11.8. The lowest BCUT2D eigenvalue weighted by Gasteiger charge is -2.06. The molecule has 1 fully saturated rings. The molecule has 0 saturated heterocycles. The van der Waals surface area contributed by atoms with Crippen molar-refractivity contribution in [1.29, 1.82) is 0 Å². The third-order valence-electron chi connectivity index (χ3n) is 2.48. The molecule has 14 heavy (non-hydrogen) atoms. The number of carbonyl (C=O) groups is 1. The fourth-order valence-corrected chi connectivity index (χ4v) is 2.06. The molecule has 3 heteroatoms. The largest absolute Gasteiger partial charge is 0.507 e. The van der Waals surface area contributed by atoms with E-state index >= 15 is 0 Å². The summed E-state index contributed by atoms with van der Waals surface area (Å²) in [6, 6.07) is 3.50. The summed E-state index contributed by atoms with van der Waals surface area (Å²) in [7, 11) is 0. The van der Waals surface area contributed by atoms with Gasteiger partial charge in [0.25, 0.3) is 0 Å². The fraction of sp³-hybridized carbons (Fsp3) is 0.364. The summed E-state index contributed by atoms with van der Waals surface area (Å²) in [5, 5.41) is 9.73. The maximum absolute atomic E-state index is 11.8. The van der Waals surface area contributed by atoms with Gasteiger partial charge in [0.2, 0.25) is 0 Å². The molecule has 0 bridgehead atoms. The van der Waals surface area contributed by atoms with E-state index in [1.807, 2.05) is 0 Å². The molecule has 2 rings (SSSR count). The van der Waals surface area contributed by atoms with Crippen LogP contribution in [0.5, 0.6) is 5.75 Å². The number of Topliss-reactive ketones (excluding diaryl/α,β-unsaturated/α-hetero) is 1. The molecule has 0 radical (unpaired) electrons. The third-order valence-corrected chi connectivity index (χ3v) is 2.94. The van der Waals surface area contributed by atoms with Gasteiger partial charge in [-0.25, -0.2) is 0 Å². The van der Waals surface area contributed by atoms with Crippen LogP contribution in [-0.4, -0.2) is 10.9 Å². The zero-order valence-corrected chi connectivity index (χ0v) is 9.47. The maximum Gasteiger partial charge on any atom is 0.169 e. The lowest BCUT2D eigenvalue weighted by Crippen LogP contribution is -2.02. The van der Waals surface area contributed by atoms with E-state index in [1.54, 1.807) is 19.1 Å². The smallest absolute Gasteiger partial charge is 0.169 e. The normalized spacial score (nSPS) is 15.6. The third kappa shape index (κ3) is 1.69. The van der Waals surface area contributed by atoms with E-state index in [-0.39, 0.29) is 17.5 Å². The first-order valence-electron chi connectivity index (χ1n) is 4.63. The van der Waals surface area contributed by atoms with E-state index in [0.29, 0.717) is 5.56 Å². The molecule has 1 N–H and O–H groups in total. The van der Waals surface area contributed by atoms with Gasteiger partial charge < -0.3 is 5.11 Å². The van der Waals surface area contributed by atoms with Crippen LogP contribution in [-0.2, 0) is 0 Å². The molecule has 1 aromatic rings. The molecular formula is C11H11BrO2. The van der Waals surface area contributed by atoms with Gasteiger partial charge >= 0.3 is 0 Å². The van der Waals surface area contributed by atoms with Crippen LogP contribution in [0.15, 0.2) is 16.6 Å². The minimum absolute atomic E-state index is 0.0758. The van der Waals surface area contributed by atoms with E-state index in [4.69, 9.17) is 0 Å². The zero-order valence-electron chi connectivity index (χ0n) is 7.88. The predicted molar refractivity (Wildman–Crippen MR) is 57.6 cm³/mol. The van der Waals surface area contributed by atoms with Crippen molar-refractivity contribution >= 4 is 21.7 Å². The highest BCUT2D eigenvalue weighted by molar-refractivity contribution is 9.10. The molecule has 2 nitrogen and oxygen atoms in total. The minimum Gasteiger partial charge on any atom is -0.507 e. The Balaban J connectivity index is 2.45. The Morgan fingerprint density at radius 1 is 1.50 bits per heavy atom. The second-order valence-electron chi connectivity index (χ2n) is 3.76. The van der Waals surface area contributed by atoms with Crippen LogP contribution in [0.1, 0.15) is 28.8 Å². The first-order valence-corrected chi connectivity index (χ1v) is 5.42. The van der Waals surface area contributed by atoms with Gasteiger partial charge in [0.1, 0.15) is 5.75 Å². The van der Waals surface area contributed by atoms with Crippen molar-refractivity contribution in [2.45, 2.75) is 19.8 Å². The number of aromatic hydroxyl groups is 1. The predicted octanol–water partition coefficient (Wildman–Crippen LogP) is 3.06. The van der Waals surface area contributed by atoms with Gasteiger partial charge in [-0.3, -0.25) is 4.79 Å². The molecule has 0 aliphatic heterocycles. The Morgan fingerprint density at radius 2 is 2.14 bits per heavy atom. The van der Waals surface area contributed by atoms with Gasteiger partial charge in [-0.05, 0) is 37.5 Å². The number of ketones is 1. The minimum atomic E-state index is 0.0758. The zero-order chi connectivity index (χ0) is 10.3. The monoisotopic (exact) mass is 254 g/mol. The summed E-state index contributed by atoms with van der Waals surface area (Å²) in [5.41, 5.74) is 1.20. The van der Waals surface area contributed by atoms with E-state index < -0.39 is 0 Å². The van der Waals surface area contributed by atoms with E-state index in [1.165, 1.54) is 0 Å². The molecule has 0 atom stereocenters. The first-order chi connectivity index (χ1) is 6.59. The van der Waals surface area contributed by atoms with Gasteiger partial charge in [-0.1, -0.05) is 15.9 Å². The van der Waals surface area contributed by atoms with E-state index in [2.05, 4.69) is 15.9 Å². The number of hydrogen-bond donors (Lipinski definition) is 1. The molecule has 1 aliphatic carbocycles. The van der Waals surface area contributed by atoms with Crippen molar-refractivity contribution in [1.82, 2.24) is 0 Å². The number of benzene rings is 1. The van der Waals surface area contributed by atoms with Crippen molar-refractivity contribution in [3.63, 3.8) is 0 Å². The Labute approximate surface area is 91.1 Å². The molecular weight excluding hydrogens is 244 g/mol. The Kier molecular flexibility index (Phi) is 2.35. The highest BCUT2D eigenvalue weighted by atomic mass is 79.9. The lowest BCUT2D eigenvalue weighted by molar-refractivity contribution is 0.0965. The average molecular weight is 255 g/mol. The van der Waals surface area contributed by atoms with Gasteiger partial charge in [0.05, 0.1) is 5.56 Å². The van der Waals surface area contributed by atoms with Crippen LogP contribution in [0, 0.1) is 12.8 Å².